The monoisotopic (exact) mass is 690 g/mol. The molecule has 0 aromatic heterocycles. The van der Waals surface area contributed by atoms with E-state index in [4.69, 9.17) is 0 Å². The van der Waals surface area contributed by atoms with Gasteiger partial charge in [-0.2, -0.15) is 0 Å². The molecule has 0 aliphatic carbocycles. The zero-order chi connectivity index (χ0) is 36.8. The van der Waals surface area contributed by atoms with Crippen LogP contribution >= 0.6 is 0 Å². The lowest BCUT2D eigenvalue weighted by Crippen LogP contribution is -1.92. The normalized spacial score (nSPS) is 11.6. The predicted octanol–water partition coefficient (Wildman–Crippen LogP) is 16.0. The summed E-state index contributed by atoms with van der Waals surface area (Å²) in [5.41, 5.74) is 10.2. The molecule has 0 aliphatic heterocycles. The average molecular weight is 691 g/mol. The minimum absolute atomic E-state index is 1.23. The Balaban J connectivity index is 0.00000189. The van der Waals surface area contributed by atoms with Gasteiger partial charge in [-0.1, -0.05) is 178 Å². The molecule has 0 nitrogen and oxygen atoms in total. The summed E-state index contributed by atoms with van der Waals surface area (Å²) >= 11 is 0. The molecule has 10 rings (SSSR count). The van der Waals surface area contributed by atoms with Crippen LogP contribution in [0.3, 0.4) is 0 Å². The number of aryl methyl sites for hydroxylation is 1. The minimum atomic E-state index is 1.23. The molecular formula is C54H42. The third-order valence-corrected chi connectivity index (χ3v) is 11.1. The van der Waals surface area contributed by atoms with E-state index in [1.165, 1.54) is 109 Å². The molecule has 0 spiro atoms. The number of allylic oxidation sites excluding steroid dienone is 1. The fourth-order valence-corrected chi connectivity index (χ4v) is 8.68. The molecule has 0 saturated carbocycles. The summed E-state index contributed by atoms with van der Waals surface area (Å²) in [4.78, 5) is 0. The van der Waals surface area contributed by atoms with Crippen molar-refractivity contribution >= 4 is 70.7 Å². The maximum atomic E-state index is 2.41. The van der Waals surface area contributed by atoms with Crippen LogP contribution in [0.1, 0.15) is 31.9 Å². The van der Waals surface area contributed by atoms with Crippen molar-refractivity contribution in [2.75, 3.05) is 0 Å². The highest BCUT2D eigenvalue weighted by atomic mass is 14.2. The molecule has 0 saturated heterocycles. The first-order valence-electron chi connectivity index (χ1n) is 19.2. The van der Waals surface area contributed by atoms with Crippen LogP contribution in [0.5, 0.6) is 0 Å². The van der Waals surface area contributed by atoms with E-state index in [0.717, 1.165) is 0 Å². The van der Waals surface area contributed by atoms with Gasteiger partial charge in [-0.05, 0) is 141 Å². The Bertz CT molecular complexity index is 3020. The van der Waals surface area contributed by atoms with Crippen molar-refractivity contribution in [2.24, 2.45) is 0 Å². The summed E-state index contributed by atoms with van der Waals surface area (Å²) in [5.74, 6) is 0. The van der Waals surface area contributed by atoms with Crippen molar-refractivity contribution in [3.63, 3.8) is 0 Å². The van der Waals surface area contributed by atoms with Crippen LogP contribution in [0.25, 0.3) is 104 Å². The van der Waals surface area contributed by atoms with Gasteiger partial charge in [0.25, 0.3) is 0 Å². The molecule has 258 valence electrons. The molecule has 0 atom stereocenters. The fourth-order valence-electron chi connectivity index (χ4n) is 8.68. The molecule has 10 aromatic rings. The number of hydrogen-bond donors (Lipinski definition) is 0. The van der Waals surface area contributed by atoms with E-state index >= 15 is 0 Å². The van der Waals surface area contributed by atoms with E-state index in [0.29, 0.717) is 0 Å². The lowest BCUT2D eigenvalue weighted by atomic mass is 9.84. The van der Waals surface area contributed by atoms with Crippen molar-refractivity contribution in [3.8, 4) is 33.4 Å². The Kier molecular flexibility index (Phi) is 8.53. The van der Waals surface area contributed by atoms with Gasteiger partial charge in [0, 0.05) is 0 Å². The van der Waals surface area contributed by atoms with Crippen molar-refractivity contribution in [3.05, 3.63) is 187 Å². The van der Waals surface area contributed by atoms with E-state index in [-0.39, 0.29) is 0 Å². The zero-order valence-electron chi connectivity index (χ0n) is 31.3. The molecule has 0 heteroatoms. The van der Waals surface area contributed by atoms with Crippen LogP contribution in [-0.2, 0) is 0 Å². The van der Waals surface area contributed by atoms with Gasteiger partial charge in [0.1, 0.15) is 0 Å². The topological polar surface area (TPSA) is 0 Å². The Labute approximate surface area is 317 Å². The first-order valence-corrected chi connectivity index (χ1v) is 19.2. The Morgan fingerprint density at radius 3 is 1.57 bits per heavy atom. The van der Waals surface area contributed by atoms with Crippen LogP contribution in [0.4, 0.5) is 0 Å². The van der Waals surface area contributed by atoms with Gasteiger partial charge >= 0.3 is 0 Å². The standard InChI is InChI=1S/C52H36.C2H6/c1-3-13-39-33(2)24-29-43-41-17-6-7-18-42(41)49(32-50(39)43)36-27-25-34-26-28-37(31-38(34)30-36)51-45-19-8-10-21-47(45)52(48-22-11-9-20-46(48)51)44-23-12-15-35-14-4-5-16-40(35)44;1-2/h3-32H,1-2H3;1-2H3/b13-3-;. The fraction of sp³-hybridized carbons (Fsp3) is 0.0741. The molecule has 54 heavy (non-hydrogen) atoms. The lowest BCUT2D eigenvalue weighted by molar-refractivity contribution is 1.48. The van der Waals surface area contributed by atoms with Gasteiger partial charge in [-0.25, -0.2) is 0 Å². The van der Waals surface area contributed by atoms with E-state index in [2.05, 4.69) is 196 Å². The van der Waals surface area contributed by atoms with E-state index in [1.54, 1.807) is 0 Å². The highest BCUT2D eigenvalue weighted by molar-refractivity contribution is 6.24. The molecule has 0 amide bonds. The van der Waals surface area contributed by atoms with Crippen LogP contribution in [-0.4, -0.2) is 0 Å². The molecule has 0 aliphatic rings. The molecule has 10 aromatic carbocycles. The quantitative estimate of drug-likeness (QED) is 0.127. The minimum Gasteiger partial charge on any atom is -0.0870 e. The second-order valence-electron chi connectivity index (χ2n) is 14.0. The summed E-state index contributed by atoms with van der Waals surface area (Å²) in [6, 6.07) is 63.2. The third kappa shape index (κ3) is 5.37. The Morgan fingerprint density at radius 1 is 0.352 bits per heavy atom. The van der Waals surface area contributed by atoms with E-state index in [9.17, 15) is 0 Å². The van der Waals surface area contributed by atoms with Gasteiger partial charge < -0.3 is 0 Å². The number of fused-ring (bicyclic) bond motifs is 7. The van der Waals surface area contributed by atoms with Crippen LogP contribution in [0, 0.1) is 6.92 Å². The van der Waals surface area contributed by atoms with Crippen molar-refractivity contribution in [1.82, 2.24) is 0 Å². The van der Waals surface area contributed by atoms with Crippen molar-refractivity contribution in [2.45, 2.75) is 27.7 Å². The van der Waals surface area contributed by atoms with E-state index in [1.807, 2.05) is 13.8 Å². The summed E-state index contributed by atoms with van der Waals surface area (Å²) < 4.78 is 0. The molecule has 0 bridgehead atoms. The largest absolute Gasteiger partial charge is 0.0870 e. The highest BCUT2D eigenvalue weighted by Gasteiger charge is 2.18. The van der Waals surface area contributed by atoms with Crippen LogP contribution in [0.15, 0.2) is 176 Å². The van der Waals surface area contributed by atoms with Gasteiger partial charge in [-0.15, -0.1) is 0 Å². The van der Waals surface area contributed by atoms with Crippen molar-refractivity contribution < 1.29 is 0 Å². The smallest absolute Gasteiger partial charge is 0.00201 e. The van der Waals surface area contributed by atoms with Gasteiger partial charge in [0.2, 0.25) is 0 Å². The Hall–Kier alpha value is -6.50. The summed E-state index contributed by atoms with van der Waals surface area (Å²) in [7, 11) is 0. The van der Waals surface area contributed by atoms with Gasteiger partial charge in [0.05, 0.1) is 0 Å². The zero-order valence-corrected chi connectivity index (χ0v) is 31.3. The maximum absolute atomic E-state index is 2.41. The van der Waals surface area contributed by atoms with E-state index < -0.39 is 0 Å². The number of hydrogen-bond acceptors (Lipinski definition) is 0. The predicted molar refractivity (Wildman–Crippen MR) is 239 cm³/mol. The van der Waals surface area contributed by atoms with Gasteiger partial charge in [-0.3, -0.25) is 0 Å². The lowest BCUT2D eigenvalue weighted by Gasteiger charge is -2.19. The molecule has 0 unspecified atom stereocenters. The summed E-state index contributed by atoms with van der Waals surface area (Å²) in [6.07, 6.45) is 4.40. The molecular weight excluding hydrogens is 649 g/mol. The first-order chi connectivity index (χ1) is 26.7. The van der Waals surface area contributed by atoms with Gasteiger partial charge in [0.15, 0.2) is 0 Å². The Morgan fingerprint density at radius 2 is 0.889 bits per heavy atom. The maximum Gasteiger partial charge on any atom is -0.00201 e. The SMILES string of the molecule is C/C=C\c1c(C)ccc2c1cc(-c1ccc3ccc(-c4c5ccccc5c(-c5cccc6ccccc56)c5ccccc45)cc3c1)c1ccccc12.CC. The molecule has 0 fully saturated rings. The third-order valence-electron chi connectivity index (χ3n) is 11.1. The van der Waals surface area contributed by atoms with Crippen LogP contribution in [0.2, 0.25) is 0 Å². The van der Waals surface area contributed by atoms with Crippen molar-refractivity contribution in [1.29, 1.82) is 0 Å². The highest BCUT2D eigenvalue weighted by Crippen LogP contribution is 2.46. The average Bonchev–Trinajstić information content (AvgIpc) is 3.23. The first kappa shape index (κ1) is 33.3. The number of rotatable bonds is 4. The summed E-state index contributed by atoms with van der Waals surface area (Å²) in [5, 5.41) is 15.3. The molecule has 0 N–H and O–H groups in total. The second-order valence-corrected chi connectivity index (χ2v) is 14.0. The summed E-state index contributed by atoms with van der Waals surface area (Å²) in [6.45, 7) is 8.31. The second kappa shape index (κ2) is 13.8. The molecule has 0 heterocycles. The number of benzene rings is 10. The van der Waals surface area contributed by atoms with Crippen LogP contribution < -0.4 is 0 Å². The molecule has 0 radical (unpaired) electrons.